The molecule has 16 heavy (non-hydrogen) atoms. The van der Waals surface area contributed by atoms with Crippen LogP contribution in [-0.2, 0) is 6.61 Å². The monoisotopic (exact) mass is 334 g/mol. The third kappa shape index (κ3) is 2.43. The van der Waals surface area contributed by atoms with Gasteiger partial charge in [-0.1, -0.05) is 11.2 Å². The van der Waals surface area contributed by atoms with Crippen LogP contribution < -0.4 is 4.74 Å². The van der Waals surface area contributed by atoms with Crippen molar-refractivity contribution in [3.8, 4) is 5.88 Å². The molecule has 4 nitrogen and oxygen atoms in total. The van der Waals surface area contributed by atoms with E-state index < -0.39 is 0 Å². The predicted molar refractivity (Wildman–Crippen MR) is 62.9 cm³/mol. The summed E-state index contributed by atoms with van der Waals surface area (Å²) in [4.78, 5) is 0.641. The summed E-state index contributed by atoms with van der Waals surface area (Å²) in [6.07, 6.45) is 1.33. The van der Waals surface area contributed by atoms with Crippen LogP contribution in [0.4, 0.5) is 4.39 Å². The Kier molecular flexibility index (Phi) is 3.28. The van der Waals surface area contributed by atoms with Gasteiger partial charge in [-0.3, -0.25) is 0 Å². The fourth-order valence-corrected chi connectivity index (χ4v) is 1.81. The first-order chi connectivity index (χ1) is 7.66. The van der Waals surface area contributed by atoms with E-state index in [1.807, 2.05) is 22.6 Å². The molecule has 1 N–H and O–H groups in total. The van der Waals surface area contributed by atoms with E-state index in [1.165, 1.54) is 18.3 Å². The molecule has 2 rings (SSSR count). The van der Waals surface area contributed by atoms with Gasteiger partial charge in [-0.05, 0) is 34.7 Å². The van der Waals surface area contributed by atoms with E-state index in [0.717, 1.165) is 3.57 Å². The maximum absolute atomic E-state index is 13.4. The fourth-order valence-electron chi connectivity index (χ4n) is 1.19. The molecule has 0 spiro atoms. The van der Waals surface area contributed by atoms with Gasteiger partial charge in [0.05, 0.1) is 6.20 Å². The molecule has 0 aliphatic rings. The maximum Gasteiger partial charge on any atom is 0.236 e. The van der Waals surface area contributed by atoms with E-state index in [4.69, 9.17) is 9.94 Å². The SMILES string of the molecule is On1ccc(OCc2c(F)cccc2I)n1. The summed E-state index contributed by atoms with van der Waals surface area (Å²) in [5, 5.41) is 12.5. The van der Waals surface area contributed by atoms with Gasteiger partial charge in [0.25, 0.3) is 0 Å². The highest BCUT2D eigenvalue weighted by molar-refractivity contribution is 14.1. The molecule has 0 bridgehead atoms. The van der Waals surface area contributed by atoms with Crippen molar-refractivity contribution < 1.29 is 14.3 Å². The topological polar surface area (TPSA) is 47.3 Å². The number of aromatic nitrogens is 2. The second-order valence-corrected chi connectivity index (χ2v) is 4.23. The van der Waals surface area contributed by atoms with Gasteiger partial charge >= 0.3 is 0 Å². The highest BCUT2D eigenvalue weighted by atomic mass is 127. The lowest BCUT2D eigenvalue weighted by Crippen LogP contribution is -2.02. The number of rotatable bonds is 3. The zero-order valence-corrected chi connectivity index (χ0v) is 10.3. The molecule has 0 unspecified atom stereocenters. The average molecular weight is 334 g/mol. The minimum absolute atomic E-state index is 0.0853. The third-order valence-corrected chi connectivity index (χ3v) is 2.99. The van der Waals surface area contributed by atoms with Crippen LogP contribution in [-0.4, -0.2) is 15.2 Å². The van der Waals surface area contributed by atoms with E-state index in [-0.39, 0.29) is 18.3 Å². The molecular formula is C10H8FIN2O2. The molecule has 2 aromatic rings. The van der Waals surface area contributed by atoms with Crippen molar-refractivity contribution in [2.75, 3.05) is 0 Å². The van der Waals surface area contributed by atoms with Gasteiger partial charge in [0.2, 0.25) is 5.88 Å². The largest absolute Gasteiger partial charge is 0.471 e. The molecule has 0 amide bonds. The summed E-state index contributed by atoms with van der Waals surface area (Å²) in [5.41, 5.74) is 0.482. The average Bonchev–Trinajstić information content (AvgIpc) is 2.63. The molecule has 0 atom stereocenters. The van der Waals surface area contributed by atoms with Crippen LogP contribution in [0.2, 0.25) is 0 Å². The lowest BCUT2D eigenvalue weighted by atomic mass is 10.2. The van der Waals surface area contributed by atoms with Gasteiger partial charge < -0.3 is 9.94 Å². The van der Waals surface area contributed by atoms with Crippen molar-refractivity contribution in [1.82, 2.24) is 9.94 Å². The normalized spacial score (nSPS) is 10.4. The molecule has 0 aliphatic heterocycles. The fraction of sp³-hybridized carbons (Fsp3) is 0.100. The van der Waals surface area contributed by atoms with Crippen molar-refractivity contribution >= 4 is 22.6 Å². The minimum atomic E-state index is -0.310. The van der Waals surface area contributed by atoms with Gasteiger partial charge in [-0.15, -0.1) is 4.85 Å². The van der Waals surface area contributed by atoms with E-state index in [2.05, 4.69) is 5.10 Å². The molecular weight excluding hydrogens is 326 g/mol. The molecule has 0 fully saturated rings. The summed E-state index contributed by atoms with van der Waals surface area (Å²) in [6, 6.07) is 6.31. The molecule has 84 valence electrons. The number of ether oxygens (including phenoxy) is 1. The van der Waals surface area contributed by atoms with Crippen LogP contribution in [0.3, 0.4) is 0 Å². The van der Waals surface area contributed by atoms with Crippen LogP contribution in [0.15, 0.2) is 30.5 Å². The number of hydrogen-bond donors (Lipinski definition) is 1. The van der Waals surface area contributed by atoms with Crippen LogP contribution in [0.25, 0.3) is 0 Å². The highest BCUT2D eigenvalue weighted by Gasteiger charge is 2.08. The Morgan fingerprint density at radius 1 is 1.44 bits per heavy atom. The van der Waals surface area contributed by atoms with E-state index in [9.17, 15) is 4.39 Å². The first kappa shape index (κ1) is 11.2. The van der Waals surface area contributed by atoms with Crippen molar-refractivity contribution in [3.63, 3.8) is 0 Å². The van der Waals surface area contributed by atoms with Gasteiger partial charge in [-0.25, -0.2) is 4.39 Å². The van der Waals surface area contributed by atoms with E-state index >= 15 is 0 Å². The van der Waals surface area contributed by atoms with Crippen LogP contribution in [0.5, 0.6) is 5.88 Å². The van der Waals surface area contributed by atoms with Crippen LogP contribution >= 0.6 is 22.6 Å². The van der Waals surface area contributed by atoms with Gasteiger partial charge in [-0.2, -0.15) is 0 Å². The summed E-state index contributed by atoms with van der Waals surface area (Å²) < 4.78 is 19.4. The zero-order valence-electron chi connectivity index (χ0n) is 8.10. The van der Waals surface area contributed by atoms with Crippen LogP contribution in [0, 0.1) is 9.39 Å². The first-order valence-electron chi connectivity index (χ1n) is 4.47. The number of halogens is 2. The highest BCUT2D eigenvalue weighted by Crippen LogP contribution is 2.17. The maximum atomic E-state index is 13.4. The Morgan fingerprint density at radius 2 is 2.25 bits per heavy atom. The van der Waals surface area contributed by atoms with Gasteiger partial charge in [0.1, 0.15) is 12.4 Å². The zero-order chi connectivity index (χ0) is 11.5. The van der Waals surface area contributed by atoms with E-state index in [1.54, 1.807) is 12.1 Å². The molecule has 1 aromatic carbocycles. The second kappa shape index (κ2) is 4.69. The molecule has 0 aliphatic carbocycles. The Morgan fingerprint density at radius 3 is 2.88 bits per heavy atom. The van der Waals surface area contributed by atoms with Crippen molar-refractivity contribution in [2.45, 2.75) is 6.61 Å². The van der Waals surface area contributed by atoms with Crippen molar-refractivity contribution in [2.24, 2.45) is 0 Å². The minimum Gasteiger partial charge on any atom is -0.471 e. The standard InChI is InChI=1S/C10H8FIN2O2/c11-8-2-1-3-9(12)7(8)6-16-10-4-5-14(15)13-10/h1-5,15H,6H2. The van der Waals surface area contributed by atoms with Crippen molar-refractivity contribution in [1.29, 1.82) is 0 Å². The molecule has 0 saturated carbocycles. The van der Waals surface area contributed by atoms with E-state index in [0.29, 0.717) is 10.4 Å². The number of nitrogens with zero attached hydrogens (tertiary/aromatic N) is 2. The number of benzene rings is 1. The summed E-state index contributed by atoms with van der Waals surface area (Å²) >= 11 is 2.04. The lowest BCUT2D eigenvalue weighted by molar-refractivity contribution is 0.141. The molecule has 0 radical (unpaired) electrons. The number of hydrogen-bond acceptors (Lipinski definition) is 3. The molecule has 6 heteroatoms. The van der Waals surface area contributed by atoms with Gasteiger partial charge in [0.15, 0.2) is 0 Å². The third-order valence-electron chi connectivity index (χ3n) is 1.98. The predicted octanol–water partition coefficient (Wildman–Crippen LogP) is 2.44. The Hall–Kier alpha value is -1.31. The summed E-state index contributed by atoms with van der Waals surface area (Å²) in [7, 11) is 0. The van der Waals surface area contributed by atoms with Crippen LogP contribution in [0.1, 0.15) is 5.56 Å². The Bertz CT molecular complexity index is 481. The molecule has 1 heterocycles. The van der Waals surface area contributed by atoms with Gasteiger partial charge in [0, 0.05) is 15.2 Å². The summed E-state index contributed by atoms with van der Waals surface area (Å²) in [5.74, 6) is -0.0584. The Labute approximate surface area is 105 Å². The Balaban J connectivity index is 2.10. The van der Waals surface area contributed by atoms with Crippen molar-refractivity contribution in [3.05, 3.63) is 45.4 Å². The first-order valence-corrected chi connectivity index (χ1v) is 5.55. The second-order valence-electron chi connectivity index (χ2n) is 3.06. The lowest BCUT2D eigenvalue weighted by Gasteiger charge is -2.06. The molecule has 1 aromatic heterocycles. The smallest absolute Gasteiger partial charge is 0.236 e. The summed E-state index contributed by atoms with van der Waals surface area (Å²) in [6.45, 7) is 0.0853. The molecule has 0 saturated heterocycles. The quantitative estimate of drug-likeness (QED) is 0.693.